The van der Waals surface area contributed by atoms with E-state index < -0.39 is 5.91 Å². The summed E-state index contributed by atoms with van der Waals surface area (Å²) < 4.78 is 1.79. The Balaban J connectivity index is 2.33. The van der Waals surface area contributed by atoms with Crippen LogP contribution in [0.1, 0.15) is 17.4 Å². The van der Waals surface area contributed by atoms with E-state index in [9.17, 15) is 4.79 Å². The van der Waals surface area contributed by atoms with Crippen molar-refractivity contribution in [2.75, 3.05) is 11.9 Å². The number of nitrogens with zero attached hydrogens (tertiary/aromatic N) is 2. The molecule has 1 amide bonds. The van der Waals surface area contributed by atoms with E-state index in [1.54, 1.807) is 10.7 Å². The van der Waals surface area contributed by atoms with E-state index in [4.69, 9.17) is 5.73 Å². The molecule has 0 saturated carbocycles. The summed E-state index contributed by atoms with van der Waals surface area (Å²) in [6.45, 7) is 3.89. The maximum absolute atomic E-state index is 10.8. The van der Waals surface area contributed by atoms with Gasteiger partial charge in [-0.2, -0.15) is 5.10 Å². The Bertz CT molecular complexity index is 344. The molecule has 0 aliphatic carbocycles. The van der Waals surface area contributed by atoms with Gasteiger partial charge in [0.25, 0.3) is 5.91 Å². The second-order valence-electron chi connectivity index (χ2n) is 3.45. The molecular formula is C8H12N4O. The third kappa shape index (κ3) is 1.37. The SMILES string of the molecule is CC1CNc2cc(C(N)=O)nn2C1. The maximum Gasteiger partial charge on any atom is 0.269 e. The molecule has 0 aromatic carbocycles. The van der Waals surface area contributed by atoms with E-state index >= 15 is 0 Å². The summed E-state index contributed by atoms with van der Waals surface area (Å²) in [6, 6.07) is 1.69. The molecule has 0 fully saturated rings. The molecule has 1 aromatic rings. The van der Waals surface area contributed by atoms with Gasteiger partial charge in [-0.25, -0.2) is 4.68 Å². The minimum Gasteiger partial charge on any atom is -0.370 e. The minimum absolute atomic E-state index is 0.330. The van der Waals surface area contributed by atoms with Gasteiger partial charge in [-0.05, 0) is 5.92 Å². The average molecular weight is 180 g/mol. The van der Waals surface area contributed by atoms with Crippen molar-refractivity contribution in [3.63, 3.8) is 0 Å². The summed E-state index contributed by atoms with van der Waals surface area (Å²) in [5.41, 5.74) is 5.45. The number of nitrogens with one attached hydrogen (secondary N) is 1. The van der Waals surface area contributed by atoms with E-state index in [0.717, 1.165) is 18.9 Å². The van der Waals surface area contributed by atoms with Crippen LogP contribution in [0.5, 0.6) is 0 Å². The highest BCUT2D eigenvalue weighted by Crippen LogP contribution is 2.17. The van der Waals surface area contributed by atoms with Crippen LogP contribution in [0.4, 0.5) is 5.82 Å². The normalized spacial score (nSPS) is 20.5. The van der Waals surface area contributed by atoms with Crippen LogP contribution in [0.25, 0.3) is 0 Å². The molecule has 70 valence electrons. The van der Waals surface area contributed by atoms with Crippen LogP contribution in [0.15, 0.2) is 6.07 Å². The molecule has 2 heterocycles. The zero-order valence-corrected chi connectivity index (χ0v) is 7.45. The Labute approximate surface area is 75.9 Å². The van der Waals surface area contributed by atoms with E-state index in [2.05, 4.69) is 17.3 Å². The van der Waals surface area contributed by atoms with Gasteiger partial charge in [-0.15, -0.1) is 0 Å². The van der Waals surface area contributed by atoms with Crippen molar-refractivity contribution in [2.45, 2.75) is 13.5 Å². The average Bonchev–Trinajstić information content (AvgIpc) is 2.46. The summed E-state index contributed by atoms with van der Waals surface area (Å²) in [7, 11) is 0. The molecule has 1 aliphatic rings. The van der Waals surface area contributed by atoms with E-state index in [-0.39, 0.29) is 0 Å². The fourth-order valence-corrected chi connectivity index (χ4v) is 1.46. The smallest absolute Gasteiger partial charge is 0.269 e. The lowest BCUT2D eigenvalue weighted by Gasteiger charge is -2.21. The van der Waals surface area contributed by atoms with Crippen LogP contribution in [0.3, 0.4) is 0 Å². The van der Waals surface area contributed by atoms with Gasteiger partial charge in [-0.1, -0.05) is 6.92 Å². The Morgan fingerprint density at radius 3 is 3.31 bits per heavy atom. The lowest BCUT2D eigenvalue weighted by Crippen LogP contribution is -2.25. The highest BCUT2D eigenvalue weighted by Gasteiger charge is 2.17. The number of fused-ring (bicyclic) bond motifs is 1. The summed E-state index contributed by atoms with van der Waals surface area (Å²) in [4.78, 5) is 10.8. The molecule has 0 spiro atoms. The van der Waals surface area contributed by atoms with E-state index in [0.29, 0.717) is 11.6 Å². The first-order valence-corrected chi connectivity index (χ1v) is 4.28. The van der Waals surface area contributed by atoms with Gasteiger partial charge in [0.2, 0.25) is 0 Å². The minimum atomic E-state index is -0.476. The molecule has 0 radical (unpaired) electrons. The van der Waals surface area contributed by atoms with Crippen molar-refractivity contribution in [2.24, 2.45) is 11.7 Å². The van der Waals surface area contributed by atoms with Crippen LogP contribution in [0, 0.1) is 5.92 Å². The molecule has 5 nitrogen and oxygen atoms in total. The molecule has 1 atom stereocenters. The number of amides is 1. The number of carbonyl (C=O) groups is 1. The third-order valence-electron chi connectivity index (χ3n) is 2.15. The highest BCUT2D eigenvalue weighted by atomic mass is 16.1. The van der Waals surface area contributed by atoms with Crippen molar-refractivity contribution in [3.8, 4) is 0 Å². The molecule has 13 heavy (non-hydrogen) atoms. The van der Waals surface area contributed by atoms with Gasteiger partial charge < -0.3 is 11.1 Å². The van der Waals surface area contributed by atoms with Gasteiger partial charge in [0.15, 0.2) is 5.69 Å². The first-order chi connectivity index (χ1) is 6.16. The third-order valence-corrected chi connectivity index (χ3v) is 2.15. The number of anilines is 1. The summed E-state index contributed by atoms with van der Waals surface area (Å²) in [5, 5.41) is 7.26. The van der Waals surface area contributed by atoms with Crippen molar-refractivity contribution < 1.29 is 4.79 Å². The Morgan fingerprint density at radius 1 is 1.85 bits per heavy atom. The zero-order chi connectivity index (χ0) is 9.42. The van der Waals surface area contributed by atoms with Crippen molar-refractivity contribution in [3.05, 3.63) is 11.8 Å². The monoisotopic (exact) mass is 180 g/mol. The molecule has 2 rings (SSSR count). The quantitative estimate of drug-likeness (QED) is 0.641. The molecular weight excluding hydrogens is 168 g/mol. The van der Waals surface area contributed by atoms with Gasteiger partial charge in [0.1, 0.15) is 5.82 Å². The number of primary amides is 1. The predicted octanol–water partition coefficient (Wildman–Crippen LogP) is 0.0436. The molecule has 1 aromatic heterocycles. The van der Waals surface area contributed by atoms with Crippen LogP contribution in [0.2, 0.25) is 0 Å². The molecule has 5 heteroatoms. The van der Waals surface area contributed by atoms with Crippen molar-refractivity contribution in [1.82, 2.24) is 9.78 Å². The summed E-state index contributed by atoms with van der Waals surface area (Å²) >= 11 is 0. The number of nitrogens with two attached hydrogens (primary N) is 1. The van der Waals surface area contributed by atoms with Crippen molar-refractivity contribution >= 4 is 11.7 Å². The predicted molar refractivity (Wildman–Crippen MR) is 48.4 cm³/mol. The Kier molecular flexibility index (Phi) is 1.72. The Hall–Kier alpha value is -1.52. The standard InChI is InChI=1S/C8H12N4O/c1-5-3-10-7-2-6(8(9)13)11-12(7)4-5/h2,5,10H,3-4H2,1H3,(H2,9,13). The van der Waals surface area contributed by atoms with Gasteiger partial charge in [0.05, 0.1) is 0 Å². The number of carbonyl (C=O) groups excluding carboxylic acids is 1. The van der Waals surface area contributed by atoms with Crippen LogP contribution in [-0.2, 0) is 6.54 Å². The van der Waals surface area contributed by atoms with Gasteiger partial charge in [-0.3, -0.25) is 4.79 Å². The first kappa shape index (κ1) is 8.10. The summed E-state index contributed by atoms with van der Waals surface area (Å²) in [5.74, 6) is 0.941. The highest BCUT2D eigenvalue weighted by molar-refractivity contribution is 5.91. The molecule has 0 bridgehead atoms. The maximum atomic E-state index is 10.8. The van der Waals surface area contributed by atoms with Gasteiger partial charge >= 0.3 is 0 Å². The second kappa shape index (κ2) is 2.76. The first-order valence-electron chi connectivity index (χ1n) is 4.28. The fourth-order valence-electron chi connectivity index (χ4n) is 1.46. The summed E-state index contributed by atoms with van der Waals surface area (Å²) in [6.07, 6.45) is 0. The fraction of sp³-hybridized carbons (Fsp3) is 0.500. The van der Waals surface area contributed by atoms with Crippen LogP contribution < -0.4 is 11.1 Å². The topological polar surface area (TPSA) is 72.9 Å². The zero-order valence-electron chi connectivity index (χ0n) is 7.45. The lowest BCUT2D eigenvalue weighted by molar-refractivity contribution is 0.0994. The number of hydrogen-bond donors (Lipinski definition) is 2. The molecule has 0 saturated heterocycles. The number of rotatable bonds is 1. The number of aromatic nitrogens is 2. The van der Waals surface area contributed by atoms with E-state index in [1.807, 2.05) is 0 Å². The van der Waals surface area contributed by atoms with Gasteiger partial charge in [0, 0.05) is 19.2 Å². The van der Waals surface area contributed by atoms with Crippen LogP contribution >= 0.6 is 0 Å². The second-order valence-corrected chi connectivity index (χ2v) is 3.45. The number of hydrogen-bond acceptors (Lipinski definition) is 3. The molecule has 1 unspecified atom stereocenters. The molecule has 3 N–H and O–H groups in total. The van der Waals surface area contributed by atoms with Crippen molar-refractivity contribution in [1.29, 1.82) is 0 Å². The molecule has 1 aliphatic heterocycles. The van der Waals surface area contributed by atoms with Crippen LogP contribution in [-0.4, -0.2) is 22.2 Å². The lowest BCUT2D eigenvalue weighted by atomic mass is 10.1. The Morgan fingerprint density at radius 2 is 2.62 bits per heavy atom. The largest absolute Gasteiger partial charge is 0.370 e. The van der Waals surface area contributed by atoms with E-state index in [1.165, 1.54) is 0 Å².